The van der Waals surface area contributed by atoms with E-state index >= 15 is 0 Å². The van der Waals surface area contributed by atoms with Gasteiger partial charge in [-0.1, -0.05) is 24.3 Å². The number of piperazine rings is 1. The molecule has 0 N–H and O–H groups in total. The summed E-state index contributed by atoms with van der Waals surface area (Å²) in [6, 6.07) is 17.6. The van der Waals surface area contributed by atoms with Crippen LogP contribution >= 0.6 is 0 Å². The molecule has 0 spiro atoms. The van der Waals surface area contributed by atoms with Gasteiger partial charge in [-0.25, -0.2) is 0 Å². The van der Waals surface area contributed by atoms with Crippen LogP contribution in [0.2, 0.25) is 0 Å². The molecule has 128 valence electrons. The topological polar surface area (TPSA) is 19.6 Å². The van der Waals surface area contributed by atoms with E-state index in [1.165, 1.54) is 30.5 Å². The molecule has 0 saturated carbocycles. The number of furan rings is 1. The Balaban J connectivity index is 1.19. The lowest BCUT2D eigenvalue weighted by molar-refractivity contribution is 0.221. The Morgan fingerprint density at radius 1 is 0.880 bits per heavy atom. The molecule has 3 aromatic rings. The maximum absolute atomic E-state index is 5.55. The van der Waals surface area contributed by atoms with E-state index in [-0.39, 0.29) is 0 Å². The number of hydrogen-bond donors (Lipinski definition) is 0. The summed E-state index contributed by atoms with van der Waals surface area (Å²) in [6.45, 7) is 5.75. The average Bonchev–Trinajstić information content (AvgIpc) is 3.27. The minimum atomic E-state index is 0.795. The van der Waals surface area contributed by atoms with Gasteiger partial charge in [0.15, 0.2) is 0 Å². The molecule has 0 atom stereocenters. The average molecular weight is 332 g/mol. The molecule has 0 amide bonds. The molecule has 1 aliphatic carbocycles. The smallest absolute Gasteiger partial charge is 0.135 e. The zero-order chi connectivity index (χ0) is 16.6. The largest absolute Gasteiger partial charge is 0.464 e. The first kappa shape index (κ1) is 15.0. The molecule has 2 aromatic carbocycles. The minimum Gasteiger partial charge on any atom is -0.464 e. The molecule has 2 aliphatic rings. The molecule has 1 aliphatic heterocycles. The molecule has 1 aromatic heterocycles. The van der Waals surface area contributed by atoms with Crippen LogP contribution in [-0.4, -0.2) is 37.6 Å². The summed E-state index contributed by atoms with van der Waals surface area (Å²) in [5.74, 6) is 0.795. The molecule has 0 radical (unpaired) electrons. The highest BCUT2D eigenvalue weighted by atomic mass is 16.3. The fourth-order valence-corrected chi connectivity index (χ4v) is 4.47. The Hall–Kier alpha value is -2.26. The summed E-state index contributed by atoms with van der Waals surface area (Å²) in [4.78, 5) is 5.14. The van der Waals surface area contributed by atoms with Crippen LogP contribution in [0.15, 0.2) is 59.2 Å². The van der Waals surface area contributed by atoms with E-state index in [1.54, 1.807) is 17.4 Å². The van der Waals surface area contributed by atoms with E-state index in [9.17, 15) is 0 Å². The van der Waals surface area contributed by atoms with Crippen molar-refractivity contribution in [2.45, 2.75) is 12.8 Å². The van der Waals surface area contributed by atoms with Gasteiger partial charge in [0.25, 0.3) is 0 Å². The van der Waals surface area contributed by atoms with Gasteiger partial charge < -0.3 is 9.32 Å². The molecule has 25 heavy (non-hydrogen) atoms. The lowest BCUT2D eigenvalue weighted by atomic mass is 10.1. The molecule has 5 rings (SSSR count). The van der Waals surface area contributed by atoms with Crippen LogP contribution < -0.4 is 4.90 Å². The molecule has 3 nitrogen and oxygen atoms in total. The highest BCUT2D eigenvalue weighted by Crippen LogP contribution is 2.28. The van der Waals surface area contributed by atoms with Crippen molar-refractivity contribution in [2.24, 2.45) is 5.92 Å². The maximum atomic E-state index is 5.55. The summed E-state index contributed by atoms with van der Waals surface area (Å²) >= 11 is 0. The fourth-order valence-electron chi connectivity index (χ4n) is 4.47. The molecule has 2 heterocycles. The Morgan fingerprint density at radius 3 is 2.40 bits per heavy atom. The molecule has 0 bridgehead atoms. The van der Waals surface area contributed by atoms with Gasteiger partial charge in [-0.2, -0.15) is 0 Å². The van der Waals surface area contributed by atoms with Crippen LogP contribution in [0.1, 0.15) is 11.1 Å². The SMILES string of the molecule is c1ccc2c(c1)CC(CN1CCN(c3ccc4ccoc4c3)CC1)C2. The summed E-state index contributed by atoms with van der Waals surface area (Å²) in [7, 11) is 0. The summed E-state index contributed by atoms with van der Waals surface area (Å²) < 4.78 is 5.55. The Labute approximate surface area is 148 Å². The fraction of sp³-hybridized carbons (Fsp3) is 0.364. The van der Waals surface area contributed by atoms with Gasteiger partial charge >= 0.3 is 0 Å². The highest BCUT2D eigenvalue weighted by molar-refractivity contribution is 5.81. The van der Waals surface area contributed by atoms with E-state index in [0.29, 0.717) is 0 Å². The first-order valence-electron chi connectivity index (χ1n) is 9.36. The second-order valence-corrected chi connectivity index (χ2v) is 7.47. The first-order valence-corrected chi connectivity index (χ1v) is 9.36. The van der Waals surface area contributed by atoms with Crippen LogP contribution in [0, 0.1) is 5.92 Å². The second-order valence-electron chi connectivity index (χ2n) is 7.47. The van der Waals surface area contributed by atoms with Crippen molar-refractivity contribution < 1.29 is 4.42 Å². The molecule has 3 heteroatoms. The Morgan fingerprint density at radius 2 is 1.64 bits per heavy atom. The van der Waals surface area contributed by atoms with Gasteiger partial charge in [0, 0.05) is 49.9 Å². The number of anilines is 1. The van der Waals surface area contributed by atoms with Crippen molar-refractivity contribution in [2.75, 3.05) is 37.6 Å². The van der Waals surface area contributed by atoms with E-state index in [1.807, 2.05) is 6.07 Å². The van der Waals surface area contributed by atoms with Gasteiger partial charge in [-0.3, -0.25) is 4.90 Å². The number of hydrogen-bond acceptors (Lipinski definition) is 3. The second kappa shape index (κ2) is 6.23. The van der Waals surface area contributed by atoms with Gasteiger partial charge in [-0.15, -0.1) is 0 Å². The van der Waals surface area contributed by atoms with Gasteiger partial charge in [-0.05, 0) is 48.1 Å². The molecule has 0 unspecified atom stereocenters. The quantitative estimate of drug-likeness (QED) is 0.723. The number of rotatable bonds is 3. The van der Waals surface area contributed by atoms with E-state index in [2.05, 4.69) is 52.3 Å². The van der Waals surface area contributed by atoms with Crippen molar-refractivity contribution in [3.05, 3.63) is 65.9 Å². The monoisotopic (exact) mass is 332 g/mol. The van der Waals surface area contributed by atoms with Crippen LogP contribution in [0.4, 0.5) is 5.69 Å². The lowest BCUT2D eigenvalue weighted by Crippen LogP contribution is -2.47. The standard InChI is InChI=1S/C22H24N2O/c1-2-4-20-14-17(13-19(20)3-1)16-23-8-10-24(11-9-23)21-6-5-18-7-12-25-22(18)15-21/h1-7,12,15,17H,8-11,13-14,16H2. The third kappa shape index (κ3) is 2.93. The van der Waals surface area contributed by atoms with E-state index < -0.39 is 0 Å². The Kier molecular flexibility index (Phi) is 3.75. The van der Waals surface area contributed by atoms with Crippen LogP contribution in [0.3, 0.4) is 0 Å². The predicted octanol–water partition coefficient (Wildman–Crippen LogP) is 3.97. The molecule has 1 saturated heterocycles. The zero-order valence-corrected chi connectivity index (χ0v) is 14.5. The summed E-state index contributed by atoms with van der Waals surface area (Å²) in [5, 5.41) is 1.18. The summed E-state index contributed by atoms with van der Waals surface area (Å²) in [5.41, 5.74) is 5.41. The van der Waals surface area contributed by atoms with Crippen LogP contribution in [0.25, 0.3) is 11.0 Å². The summed E-state index contributed by atoms with van der Waals surface area (Å²) in [6.07, 6.45) is 4.28. The first-order chi connectivity index (χ1) is 12.3. The van der Waals surface area contributed by atoms with Crippen LogP contribution in [0.5, 0.6) is 0 Å². The highest BCUT2D eigenvalue weighted by Gasteiger charge is 2.25. The third-order valence-corrected chi connectivity index (χ3v) is 5.83. The molecule has 1 fully saturated rings. The number of fused-ring (bicyclic) bond motifs is 2. The van der Waals surface area contributed by atoms with Crippen LogP contribution in [-0.2, 0) is 12.8 Å². The van der Waals surface area contributed by atoms with E-state index in [4.69, 9.17) is 4.42 Å². The minimum absolute atomic E-state index is 0.795. The lowest BCUT2D eigenvalue weighted by Gasteiger charge is -2.37. The molecular formula is C22H24N2O. The number of nitrogens with zero attached hydrogens (tertiary/aromatic N) is 2. The van der Waals surface area contributed by atoms with Gasteiger partial charge in [0.2, 0.25) is 0 Å². The van der Waals surface area contributed by atoms with Gasteiger partial charge in [0.05, 0.1) is 6.26 Å². The van der Waals surface area contributed by atoms with Crippen molar-refractivity contribution >= 4 is 16.7 Å². The van der Waals surface area contributed by atoms with Crippen molar-refractivity contribution in [3.63, 3.8) is 0 Å². The maximum Gasteiger partial charge on any atom is 0.135 e. The number of benzene rings is 2. The zero-order valence-electron chi connectivity index (χ0n) is 14.5. The normalized spacial score (nSPS) is 18.8. The van der Waals surface area contributed by atoms with Crippen molar-refractivity contribution in [3.8, 4) is 0 Å². The third-order valence-electron chi connectivity index (χ3n) is 5.83. The van der Waals surface area contributed by atoms with Crippen molar-refractivity contribution in [1.82, 2.24) is 4.90 Å². The molecular weight excluding hydrogens is 308 g/mol. The van der Waals surface area contributed by atoms with Crippen molar-refractivity contribution in [1.29, 1.82) is 0 Å². The van der Waals surface area contributed by atoms with E-state index in [0.717, 1.165) is 37.7 Å². The predicted molar refractivity (Wildman–Crippen MR) is 102 cm³/mol. The Bertz CT molecular complexity index is 851. The van der Waals surface area contributed by atoms with Gasteiger partial charge in [0.1, 0.15) is 5.58 Å².